The van der Waals surface area contributed by atoms with Crippen molar-refractivity contribution < 1.29 is 0 Å². The molecule has 0 bridgehead atoms. The Labute approximate surface area is 144 Å². The lowest BCUT2D eigenvalue weighted by Gasteiger charge is -2.09. The second-order valence-electron chi connectivity index (χ2n) is 5.54. The normalized spacial score (nSPS) is 10.5. The van der Waals surface area contributed by atoms with E-state index < -0.39 is 0 Å². The second-order valence-corrected chi connectivity index (χ2v) is 5.54. The SMILES string of the molecule is CNc1cc(Nc2cnc(C#N)cn2)nnc1-c1ccn(C(C)C)n1. The Kier molecular flexibility index (Phi) is 4.52. The van der Waals surface area contributed by atoms with Crippen LogP contribution >= 0.6 is 0 Å². The number of aromatic nitrogens is 6. The van der Waals surface area contributed by atoms with Crippen molar-refractivity contribution in [1.82, 2.24) is 29.9 Å². The van der Waals surface area contributed by atoms with Gasteiger partial charge in [-0.05, 0) is 19.9 Å². The van der Waals surface area contributed by atoms with Crippen molar-refractivity contribution in [1.29, 1.82) is 5.26 Å². The molecule has 25 heavy (non-hydrogen) atoms. The highest BCUT2D eigenvalue weighted by Crippen LogP contribution is 2.26. The molecule has 126 valence electrons. The lowest BCUT2D eigenvalue weighted by atomic mass is 10.2. The van der Waals surface area contributed by atoms with E-state index in [0.717, 1.165) is 11.4 Å². The highest BCUT2D eigenvalue weighted by molar-refractivity contribution is 5.73. The molecule has 0 aliphatic heterocycles. The van der Waals surface area contributed by atoms with Crippen molar-refractivity contribution in [3.63, 3.8) is 0 Å². The molecule has 9 heteroatoms. The van der Waals surface area contributed by atoms with Gasteiger partial charge >= 0.3 is 0 Å². The molecule has 0 radical (unpaired) electrons. The molecule has 0 amide bonds. The van der Waals surface area contributed by atoms with Crippen molar-refractivity contribution in [3.05, 3.63) is 36.4 Å². The molecule has 0 saturated heterocycles. The smallest absolute Gasteiger partial charge is 0.158 e. The van der Waals surface area contributed by atoms with Crippen molar-refractivity contribution in [3.8, 4) is 17.5 Å². The van der Waals surface area contributed by atoms with Gasteiger partial charge in [0.15, 0.2) is 11.5 Å². The van der Waals surface area contributed by atoms with E-state index in [1.54, 1.807) is 0 Å². The van der Waals surface area contributed by atoms with E-state index in [4.69, 9.17) is 5.26 Å². The van der Waals surface area contributed by atoms with Gasteiger partial charge in [-0.3, -0.25) is 4.68 Å². The van der Waals surface area contributed by atoms with Crippen LogP contribution in [0.3, 0.4) is 0 Å². The Balaban J connectivity index is 1.86. The molecule has 0 aliphatic rings. The number of nitrogens with zero attached hydrogens (tertiary/aromatic N) is 7. The second kappa shape index (κ2) is 6.92. The van der Waals surface area contributed by atoms with E-state index >= 15 is 0 Å². The molecule has 0 aliphatic carbocycles. The molecule has 0 unspecified atom stereocenters. The fraction of sp³-hybridized carbons (Fsp3) is 0.250. The molecule has 0 saturated carbocycles. The minimum atomic E-state index is 0.253. The third kappa shape index (κ3) is 3.53. The zero-order valence-electron chi connectivity index (χ0n) is 14.1. The number of hydrogen-bond donors (Lipinski definition) is 2. The topological polar surface area (TPSA) is 117 Å². The van der Waals surface area contributed by atoms with E-state index in [1.165, 1.54) is 12.4 Å². The van der Waals surface area contributed by atoms with Gasteiger partial charge in [-0.15, -0.1) is 10.2 Å². The lowest BCUT2D eigenvalue weighted by molar-refractivity contribution is 0.534. The summed E-state index contributed by atoms with van der Waals surface area (Å²) in [5.74, 6) is 0.989. The predicted molar refractivity (Wildman–Crippen MR) is 93.2 cm³/mol. The predicted octanol–water partition coefficient (Wildman–Crippen LogP) is 2.37. The number of nitriles is 1. The average Bonchev–Trinajstić information content (AvgIpc) is 3.12. The van der Waals surface area contributed by atoms with E-state index in [0.29, 0.717) is 17.3 Å². The maximum atomic E-state index is 8.75. The fourth-order valence-corrected chi connectivity index (χ4v) is 2.17. The summed E-state index contributed by atoms with van der Waals surface area (Å²) in [6.45, 7) is 4.13. The third-order valence-electron chi connectivity index (χ3n) is 3.47. The van der Waals surface area contributed by atoms with Gasteiger partial charge in [-0.1, -0.05) is 0 Å². The molecule has 3 rings (SSSR count). The molecular formula is C16H17N9. The van der Waals surface area contributed by atoms with E-state index in [-0.39, 0.29) is 11.7 Å². The van der Waals surface area contributed by atoms with Gasteiger partial charge in [0.05, 0.1) is 18.1 Å². The highest BCUT2D eigenvalue weighted by Gasteiger charge is 2.13. The molecule has 3 aromatic rings. The first-order chi connectivity index (χ1) is 12.1. The van der Waals surface area contributed by atoms with Crippen LogP contribution in [0.1, 0.15) is 25.6 Å². The van der Waals surface area contributed by atoms with Crippen molar-refractivity contribution >= 4 is 17.3 Å². The zero-order valence-corrected chi connectivity index (χ0v) is 14.1. The van der Waals surface area contributed by atoms with Crippen LogP contribution in [-0.4, -0.2) is 37.0 Å². The fourth-order valence-electron chi connectivity index (χ4n) is 2.17. The van der Waals surface area contributed by atoms with Gasteiger partial charge in [0.1, 0.15) is 23.3 Å². The number of rotatable bonds is 5. The first-order valence-electron chi connectivity index (χ1n) is 7.71. The summed E-state index contributed by atoms with van der Waals surface area (Å²) in [5.41, 5.74) is 2.45. The summed E-state index contributed by atoms with van der Waals surface area (Å²) in [5, 5.41) is 27.8. The van der Waals surface area contributed by atoms with Gasteiger partial charge in [0, 0.05) is 25.4 Å². The van der Waals surface area contributed by atoms with E-state index in [9.17, 15) is 0 Å². The molecule has 9 nitrogen and oxygen atoms in total. The first-order valence-corrected chi connectivity index (χ1v) is 7.71. The third-order valence-corrected chi connectivity index (χ3v) is 3.47. The Morgan fingerprint density at radius 1 is 1.16 bits per heavy atom. The van der Waals surface area contributed by atoms with Crippen LogP contribution in [0.2, 0.25) is 0 Å². The van der Waals surface area contributed by atoms with Crippen molar-refractivity contribution in [2.75, 3.05) is 17.7 Å². The van der Waals surface area contributed by atoms with Crippen LogP contribution in [0, 0.1) is 11.3 Å². The molecule has 0 fully saturated rings. The minimum absolute atomic E-state index is 0.253. The molecule has 0 spiro atoms. The Morgan fingerprint density at radius 2 is 2.00 bits per heavy atom. The molecule has 0 aromatic carbocycles. The van der Waals surface area contributed by atoms with Crippen molar-refractivity contribution in [2.45, 2.75) is 19.9 Å². The summed E-state index contributed by atoms with van der Waals surface area (Å²) in [7, 11) is 1.81. The largest absolute Gasteiger partial charge is 0.386 e. The summed E-state index contributed by atoms with van der Waals surface area (Å²) in [4.78, 5) is 8.06. The number of anilines is 3. The standard InChI is InChI=1S/C16H17N9/c1-10(2)25-5-4-12(24-25)16-13(18-3)6-14(22-23-16)21-15-9-19-11(7-17)8-20-15/h4-6,8-10H,1-3H3,(H2,18,20,21,22). The number of hydrogen-bond acceptors (Lipinski definition) is 8. The van der Waals surface area contributed by atoms with Crippen LogP contribution in [0.4, 0.5) is 17.3 Å². The summed E-state index contributed by atoms with van der Waals surface area (Å²) < 4.78 is 1.87. The molecule has 0 atom stereocenters. The number of nitrogens with one attached hydrogen (secondary N) is 2. The Morgan fingerprint density at radius 3 is 2.60 bits per heavy atom. The Bertz CT molecular complexity index is 906. The summed E-state index contributed by atoms with van der Waals surface area (Å²) >= 11 is 0. The van der Waals surface area contributed by atoms with Gasteiger partial charge in [-0.25, -0.2) is 9.97 Å². The van der Waals surface area contributed by atoms with Crippen LogP contribution in [-0.2, 0) is 0 Å². The molecule has 3 aromatic heterocycles. The minimum Gasteiger partial charge on any atom is -0.386 e. The Hall–Kier alpha value is -3.54. The quantitative estimate of drug-likeness (QED) is 0.729. The summed E-state index contributed by atoms with van der Waals surface area (Å²) in [6.07, 6.45) is 4.78. The average molecular weight is 335 g/mol. The molecular weight excluding hydrogens is 318 g/mol. The van der Waals surface area contributed by atoms with Crippen molar-refractivity contribution in [2.24, 2.45) is 0 Å². The van der Waals surface area contributed by atoms with Gasteiger partial charge in [0.25, 0.3) is 0 Å². The van der Waals surface area contributed by atoms with Gasteiger partial charge in [0.2, 0.25) is 0 Å². The van der Waals surface area contributed by atoms with Crippen LogP contribution < -0.4 is 10.6 Å². The maximum absolute atomic E-state index is 8.75. The van der Waals surface area contributed by atoms with Crippen LogP contribution in [0.5, 0.6) is 0 Å². The lowest BCUT2D eigenvalue weighted by Crippen LogP contribution is -2.04. The van der Waals surface area contributed by atoms with Crippen LogP contribution in [0.25, 0.3) is 11.4 Å². The summed E-state index contributed by atoms with van der Waals surface area (Å²) in [6, 6.07) is 5.92. The maximum Gasteiger partial charge on any atom is 0.158 e. The zero-order chi connectivity index (χ0) is 17.8. The van der Waals surface area contributed by atoms with Gasteiger partial charge in [-0.2, -0.15) is 10.4 Å². The first kappa shape index (κ1) is 16.3. The van der Waals surface area contributed by atoms with E-state index in [2.05, 4.69) is 49.7 Å². The van der Waals surface area contributed by atoms with Crippen LogP contribution in [0.15, 0.2) is 30.7 Å². The molecule has 2 N–H and O–H groups in total. The van der Waals surface area contributed by atoms with E-state index in [1.807, 2.05) is 36.1 Å². The molecule has 3 heterocycles. The monoisotopic (exact) mass is 335 g/mol. The van der Waals surface area contributed by atoms with Gasteiger partial charge < -0.3 is 10.6 Å². The highest BCUT2D eigenvalue weighted by atomic mass is 15.3.